The first-order chi connectivity index (χ1) is 9.19. The Bertz CT molecular complexity index is 389. The van der Waals surface area contributed by atoms with Gasteiger partial charge in [-0.1, -0.05) is 25.2 Å². The van der Waals surface area contributed by atoms with Crippen molar-refractivity contribution in [1.82, 2.24) is 10.6 Å². The number of nitrogens with one attached hydrogen (secondary N) is 2. The minimum atomic E-state index is 0.0377. The average Bonchev–Trinajstić information content (AvgIpc) is 2.25. The summed E-state index contributed by atoms with van der Waals surface area (Å²) in [6, 6.07) is 0.221. The number of rotatable bonds is 4. The second kappa shape index (κ2) is 6.57. The largest absolute Gasteiger partial charge is 0.349 e. The highest BCUT2D eigenvalue weighted by molar-refractivity contribution is 5.96. The molecule has 1 aliphatic rings. The van der Waals surface area contributed by atoms with Gasteiger partial charge in [0.15, 0.2) is 0 Å². The van der Waals surface area contributed by atoms with Crippen LogP contribution in [0.25, 0.3) is 0 Å². The third-order valence-corrected chi connectivity index (χ3v) is 3.63. The smallest absolute Gasteiger partial charge is 0.251 e. The lowest BCUT2D eigenvalue weighted by atomic mass is 9.79. The van der Waals surface area contributed by atoms with Crippen LogP contribution in [0.1, 0.15) is 60.8 Å². The molecule has 0 aromatic rings. The molecule has 1 fully saturated rings. The van der Waals surface area contributed by atoms with E-state index in [1.165, 1.54) is 0 Å². The van der Waals surface area contributed by atoms with Crippen molar-refractivity contribution in [2.45, 2.75) is 77.9 Å². The van der Waals surface area contributed by atoms with Crippen LogP contribution in [-0.2, 0) is 4.79 Å². The lowest BCUT2D eigenvalue weighted by Crippen LogP contribution is -2.62. The minimum Gasteiger partial charge on any atom is -0.349 e. The maximum absolute atomic E-state index is 12.3. The monoisotopic (exact) mass is 278 g/mol. The number of amides is 1. The fourth-order valence-electron chi connectivity index (χ4n) is 3.24. The van der Waals surface area contributed by atoms with E-state index in [1.54, 1.807) is 0 Å². The van der Waals surface area contributed by atoms with E-state index in [2.05, 4.69) is 45.3 Å². The third kappa shape index (κ3) is 5.12. The number of hydrogen-bond acceptors (Lipinski definition) is 2. The van der Waals surface area contributed by atoms with E-state index in [1.807, 2.05) is 25.2 Å². The van der Waals surface area contributed by atoms with Crippen LogP contribution in [0.15, 0.2) is 23.8 Å². The number of allylic oxidation sites excluding steroid dienone is 2. The van der Waals surface area contributed by atoms with Crippen molar-refractivity contribution in [3.63, 3.8) is 0 Å². The normalized spacial score (nSPS) is 23.0. The highest BCUT2D eigenvalue weighted by atomic mass is 16.1. The van der Waals surface area contributed by atoms with E-state index < -0.39 is 0 Å². The molecule has 1 heterocycles. The van der Waals surface area contributed by atoms with Gasteiger partial charge in [0, 0.05) is 22.7 Å². The Labute approximate surface area is 123 Å². The average molecular weight is 278 g/mol. The summed E-state index contributed by atoms with van der Waals surface area (Å²) in [5, 5.41) is 6.82. The van der Waals surface area contributed by atoms with Gasteiger partial charge in [-0.15, -0.1) is 0 Å². The first kappa shape index (κ1) is 17.0. The van der Waals surface area contributed by atoms with Gasteiger partial charge in [0.25, 0.3) is 5.91 Å². The summed E-state index contributed by atoms with van der Waals surface area (Å²) in [6.07, 6.45) is 8.65. The van der Waals surface area contributed by atoms with Crippen molar-refractivity contribution in [2.24, 2.45) is 0 Å². The van der Waals surface area contributed by atoms with Crippen molar-refractivity contribution in [2.75, 3.05) is 0 Å². The van der Waals surface area contributed by atoms with Crippen molar-refractivity contribution >= 4 is 5.91 Å². The quantitative estimate of drug-likeness (QED) is 0.612. The summed E-state index contributed by atoms with van der Waals surface area (Å²) in [7, 11) is 0. The van der Waals surface area contributed by atoms with E-state index in [-0.39, 0.29) is 23.0 Å². The van der Waals surface area contributed by atoms with Gasteiger partial charge < -0.3 is 10.6 Å². The van der Waals surface area contributed by atoms with E-state index >= 15 is 0 Å². The maximum atomic E-state index is 12.3. The van der Waals surface area contributed by atoms with Crippen LogP contribution in [0.4, 0.5) is 0 Å². The molecule has 0 spiro atoms. The first-order valence-corrected chi connectivity index (χ1v) is 7.62. The van der Waals surface area contributed by atoms with E-state index in [0.29, 0.717) is 0 Å². The lowest BCUT2D eigenvalue weighted by molar-refractivity contribution is -0.118. The number of piperidine rings is 1. The summed E-state index contributed by atoms with van der Waals surface area (Å²) in [6.45, 7) is 12.8. The molecule has 1 rings (SSSR count). The minimum absolute atomic E-state index is 0.0377. The number of hydrogen-bond donors (Lipinski definition) is 2. The van der Waals surface area contributed by atoms with Crippen LogP contribution in [0, 0.1) is 0 Å². The summed E-state index contributed by atoms with van der Waals surface area (Å²) in [4.78, 5) is 12.3. The molecule has 2 N–H and O–H groups in total. The molecule has 3 heteroatoms. The molecule has 0 aromatic carbocycles. The molecule has 1 aliphatic heterocycles. The number of carbonyl (C=O) groups excluding carboxylic acids is 1. The Morgan fingerprint density at radius 2 is 1.80 bits per heavy atom. The van der Waals surface area contributed by atoms with Gasteiger partial charge in [0.1, 0.15) is 0 Å². The van der Waals surface area contributed by atoms with Crippen molar-refractivity contribution in [3.8, 4) is 0 Å². The standard InChI is InChI=1S/C17H30N2O/c1-7-9-10-13(8-2)15(20)18-14-11-16(3,4)19-17(5,6)12-14/h8-10,14,19H,7,11-12H2,1-6H3,(H,18,20). The zero-order valence-electron chi connectivity index (χ0n) is 13.8. The van der Waals surface area contributed by atoms with Crippen LogP contribution in [0.5, 0.6) is 0 Å². The van der Waals surface area contributed by atoms with Crippen molar-refractivity contribution in [1.29, 1.82) is 0 Å². The van der Waals surface area contributed by atoms with Crippen LogP contribution in [-0.4, -0.2) is 23.0 Å². The summed E-state index contributed by atoms with van der Waals surface area (Å²) < 4.78 is 0. The molecule has 1 amide bonds. The molecule has 0 saturated carbocycles. The second-order valence-corrected chi connectivity index (χ2v) is 7.03. The predicted molar refractivity (Wildman–Crippen MR) is 85.6 cm³/mol. The molecule has 0 atom stereocenters. The van der Waals surface area contributed by atoms with Gasteiger partial charge >= 0.3 is 0 Å². The van der Waals surface area contributed by atoms with E-state index in [9.17, 15) is 4.79 Å². The van der Waals surface area contributed by atoms with Crippen LogP contribution in [0.3, 0.4) is 0 Å². The highest BCUT2D eigenvalue weighted by Crippen LogP contribution is 2.28. The summed E-state index contributed by atoms with van der Waals surface area (Å²) >= 11 is 0. The summed E-state index contributed by atoms with van der Waals surface area (Å²) in [5.41, 5.74) is 0.852. The van der Waals surface area contributed by atoms with Gasteiger partial charge in [0.2, 0.25) is 0 Å². The van der Waals surface area contributed by atoms with Gasteiger partial charge in [-0.2, -0.15) is 0 Å². The van der Waals surface area contributed by atoms with Crippen molar-refractivity contribution in [3.05, 3.63) is 23.8 Å². The van der Waals surface area contributed by atoms with Crippen molar-refractivity contribution < 1.29 is 4.79 Å². The molecule has 1 saturated heterocycles. The van der Waals surface area contributed by atoms with E-state index in [4.69, 9.17) is 0 Å². The molecular formula is C17H30N2O. The van der Waals surface area contributed by atoms with Crippen LogP contribution < -0.4 is 10.6 Å². The Morgan fingerprint density at radius 1 is 1.25 bits per heavy atom. The maximum Gasteiger partial charge on any atom is 0.251 e. The topological polar surface area (TPSA) is 41.1 Å². The molecule has 0 radical (unpaired) electrons. The van der Waals surface area contributed by atoms with E-state index in [0.717, 1.165) is 24.8 Å². The van der Waals surface area contributed by atoms with Crippen LogP contribution in [0.2, 0.25) is 0 Å². The molecule has 0 aromatic heterocycles. The summed E-state index contributed by atoms with van der Waals surface area (Å²) in [5.74, 6) is 0.0377. The Balaban J connectivity index is 2.72. The van der Waals surface area contributed by atoms with Gasteiger partial charge in [0.05, 0.1) is 0 Å². The highest BCUT2D eigenvalue weighted by Gasteiger charge is 2.38. The fraction of sp³-hybridized carbons (Fsp3) is 0.706. The molecule has 3 nitrogen and oxygen atoms in total. The van der Waals surface area contributed by atoms with Gasteiger partial charge in [-0.3, -0.25) is 4.79 Å². The lowest BCUT2D eigenvalue weighted by Gasteiger charge is -2.46. The molecular weight excluding hydrogens is 248 g/mol. The Kier molecular flexibility index (Phi) is 5.58. The first-order valence-electron chi connectivity index (χ1n) is 7.62. The van der Waals surface area contributed by atoms with Gasteiger partial charge in [-0.25, -0.2) is 0 Å². The SMILES string of the molecule is CC=C(C=CCC)C(=O)NC1CC(C)(C)NC(C)(C)C1. The Hall–Kier alpha value is -1.09. The Morgan fingerprint density at radius 3 is 2.25 bits per heavy atom. The zero-order chi connectivity index (χ0) is 15.4. The molecule has 0 aliphatic carbocycles. The molecule has 20 heavy (non-hydrogen) atoms. The predicted octanol–water partition coefficient (Wildman–Crippen LogP) is 3.32. The second-order valence-electron chi connectivity index (χ2n) is 7.03. The molecule has 0 bridgehead atoms. The number of carbonyl (C=O) groups is 1. The zero-order valence-corrected chi connectivity index (χ0v) is 13.8. The molecule has 114 valence electrons. The van der Waals surface area contributed by atoms with Crippen LogP contribution >= 0.6 is 0 Å². The van der Waals surface area contributed by atoms with Gasteiger partial charge in [-0.05, 0) is 53.9 Å². The molecule has 0 unspecified atom stereocenters. The third-order valence-electron chi connectivity index (χ3n) is 3.63. The fourth-order valence-corrected chi connectivity index (χ4v) is 3.24.